The molecule has 2 heteroatoms. The summed E-state index contributed by atoms with van der Waals surface area (Å²) in [6, 6.07) is 0. The van der Waals surface area contributed by atoms with Gasteiger partial charge < -0.3 is 6.15 Å². The Labute approximate surface area is 76.5 Å². The summed E-state index contributed by atoms with van der Waals surface area (Å²) < 4.78 is 0. The van der Waals surface area contributed by atoms with E-state index in [0.29, 0.717) is 0 Å². The third-order valence-electron chi connectivity index (χ3n) is 0. The number of rotatable bonds is 0. The summed E-state index contributed by atoms with van der Waals surface area (Å²) in [4.78, 5) is 0. The Balaban J connectivity index is -0.00000000500. The average molecular weight is 132 g/mol. The minimum absolute atomic E-state index is 0. The Morgan fingerprint density at radius 2 is 1.00 bits per heavy atom. The molecule has 2 N–H and O–H groups in total. The molecule has 0 unspecified atom stereocenters. The van der Waals surface area contributed by atoms with Crippen LogP contribution in [0.2, 0.25) is 0 Å². The monoisotopic (exact) mass is 131 g/mol. The van der Waals surface area contributed by atoms with Gasteiger partial charge in [-0.25, -0.2) is 0 Å². The predicted octanol–water partition coefficient (Wildman–Crippen LogP) is -1.25. The van der Waals surface area contributed by atoms with Crippen molar-refractivity contribution in [2.24, 2.45) is 0 Å². The fourth-order valence-electron chi connectivity index (χ4n) is 0. The smallest absolute Gasteiger partial charge is 0.693 e. The molecule has 0 fully saturated rings. The Bertz CT molecular complexity index is 6.00. The van der Waals surface area contributed by atoms with Crippen molar-refractivity contribution in [3.8, 4) is 0 Å². The molecular weight excluding hydrogens is 123 g/mol. The first-order valence-electron chi connectivity index (χ1n) is 1.00. The first kappa shape index (κ1) is 17.1. The zero-order valence-electron chi connectivity index (χ0n) is 3.58. The van der Waals surface area contributed by atoms with Crippen LogP contribution < -0.4 is 58.2 Å². The molecule has 0 aliphatic carbocycles. The van der Waals surface area contributed by atoms with Crippen molar-refractivity contribution in [2.45, 2.75) is 13.8 Å². The molecule has 0 saturated heterocycles. The fraction of sp³-hybridized carbons (Fsp3) is 1.00. The zero-order chi connectivity index (χ0) is 2.00. The third-order valence-corrected chi connectivity index (χ3v) is 0. The van der Waals surface area contributed by atoms with Crippen LogP contribution in [0.3, 0.4) is 0 Å². The van der Waals surface area contributed by atoms with E-state index >= 15 is 0 Å². The summed E-state index contributed by atoms with van der Waals surface area (Å²) in [7, 11) is 0. The van der Waals surface area contributed by atoms with Gasteiger partial charge in [0.15, 0.2) is 0 Å². The fourth-order valence-corrected chi connectivity index (χ4v) is 0. The van der Waals surface area contributed by atoms with Crippen molar-refractivity contribution in [1.82, 2.24) is 0 Å². The van der Waals surface area contributed by atoms with Crippen molar-refractivity contribution in [2.75, 3.05) is 0 Å². The minimum atomic E-state index is 0. The number of nitrogens with two attached hydrogens (primary N) is 1. The summed E-state index contributed by atoms with van der Waals surface area (Å²) in [6.07, 6.45) is 0. The second-order valence-electron chi connectivity index (χ2n) is 0. The summed E-state index contributed by atoms with van der Waals surface area (Å²) in [5.41, 5.74) is 0. The SMILES string of the molecule is CC.[NH2-].[Rb+]. The first-order valence-corrected chi connectivity index (χ1v) is 1.00. The van der Waals surface area contributed by atoms with Gasteiger partial charge in [0.25, 0.3) is 0 Å². The number of hydrogen-bond donors (Lipinski definition) is 0. The standard InChI is InChI=1S/C2H6.H2N.Rb/c1-2;;/h1-2H3;1H2;/q;-1;+1. The van der Waals surface area contributed by atoms with Crippen LogP contribution in [0.1, 0.15) is 13.8 Å². The van der Waals surface area contributed by atoms with Crippen molar-refractivity contribution >= 4 is 0 Å². The molecule has 0 aromatic carbocycles. The molecule has 4 heavy (non-hydrogen) atoms. The molecule has 0 bridgehead atoms. The van der Waals surface area contributed by atoms with Crippen molar-refractivity contribution in [3.63, 3.8) is 0 Å². The van der Waals surface area contributed by atoms with Crippen LogP contribution in [0.15, 0.2) is 0 Å². The molecule has 0 aromatic heterocycles. The normalized spacial score (nSPS) is 1.50. The number of hydrogen-bond acceptors (Lipinski definition) is 0. The van der Waals surface area contributed by atoms with E-state index in [9.17, 15) is 0 Å². The van der Waals surface area contributed by atoms with Crippen LogP contribution in [0.25, 0.3) is 6.15 Å². The Kier molecular flexibility index (Phi) is 92.8. The second kappa shape index (κ2) is 21.7. The molecule has 0 aliphatic heterocycles. The summed E-state index contributed by atoms with van der Waals surface area (Å²) in [6.45, 7) is 4.00. The second-order valence-corrected chi connectivity index (χ2v) is 0. The molecule has 0 aliphatic rings. The van der Waals surface area contributed by atoms with E-state index < -0.39 is 0 Å². The van der Waals surface area contributed by atoms with Gasteiger partial charge in [-0.15, -0.1) is 0 Å². The quantitative estimate of drug-likeness (QED) is 0.394. The maximum Gasteiger partial charge on any atom is 1.00 e. The summed E-state index contributed by atoms with van der Waals surface area (Å²) >= 11 is 0. The van der Waals surface area contributed by atoms with E-state index in [1.807, 2.05) is 13.8 Å². The van der Waals surface area contributed by atoms with Crippen LogP contribution in [-0.4, -0.2) is 0 Å². The molecular formula is C2H8NRb. The van der Waals surface area contributed by atoms with Gasteiger partial charge in [0, 0.05) is 0 Å². The molecule has 1 nitrogen and oxygen atoms in total. The molecule has 0 spiro atoms. The molecule has 0 atom stereocenters. The van der Waals surface area contributed by atoms with E-state index in [1.165, 1.54) is 0 Å². The van der Waals surface area contributed by atoms with Gasteiger partial charge in [-0.1, -0.05) is 13.8 Å². The van der Waals surface area contributed by atoms with Crippen LogP contribution in [0.4, 0.5) is 0 Å². The molecule has 0 rings (SSSR count). The maximum atomic E-state index is 2.00. The summed E-state index contributed by atoms with van der Waals surface area (Å²) in [5, 5.41) is 0. The molecule has 0 heterocycles. The van der Waals surface area contributed by atoms with E-state index in [0.717, 1.165) is 0 Å². The van der Waals surface area contributed by atoms with E-state index in [1.54, 1.807) is 0 Å². The predicted molar refractivity (Wildman–Crippen MR) is 16.6 cm³/mol. The third kappa shape index (κ3) is 9.24. The van der Waals surface area contributed by atoms with Gasteiger partial charge in [-0.2, -0.15) is 0 Å². The molecule has 22 valence electrons. The van der Waals surface area contributed by atoms with Crippen LogP contribution >= 0.6 is 0 Å². The Morgan fingerprint density at radius 1 is 1.00 bits per heavy atom. The van der Waals surface area contributed by atoms with Gasteiger partial charge >= 0.3 is 58.2 Å². The molecule has 0 saturated carbocycles. The zero-order valence-corrected chi connectivity index (χ0v) is 8.49. The van der Waals surface area contributed by atoms with Gasteiger partial charge in [0.2, 0.25) is 0 Å². The largest absolute Gasteiger partial charge is 1.00 e. The molecule has 0 radical (unpaired) electrons. The van der Waals surface area contributed by atoms with Gasteiger partial charge in [-0.05, 0) is 0 Å². The maximum absolute atomic E-state index is 2.00. The van der Waals surface area contributed by atoms with Crippen LogP contribution in [0.5, 0.6) is 0 Å². The van der Waals surface area contributed by atoms with Crippen molar-refractivity contribution in [3.05, 3.63) is 6.15 Å². The molecule has 0 amide bonds. The summed E-state index contributed by atoms with van der Waals surface area (Å²) in [5.74, 6) is 0. The van der Waals surface area contributed by atoms with Crippen LogP contribution in [-0.2, 0) is 0 Å². The minimum Gasteiger partial charge on any atom is -0.693 e. The molecule has 0 aromatic rings. The van der Waals surface area contributed by atoms with Gasteiger partial charge in [-0.3, -0.25) is 0 Å². The van der Waals surface area contributed by atoms with E-state index in [-0.39, 0.29) is 64.3 Å². The van der Waals surface area contributed by atoms with Crippen molar-refractivity contribution in [1.29, 1.82) is 0 Å². The topological polar surface area (TPSA) is 33.5 Å². The average Bonchev–Trinajstić information content (AvgIpc) is 1.00. The van der Waals surface area contributed by atoms with E-state index in [4.69, 9.17) is 0 Å². The van der Waals surface area contributed by atoms with Crippen LogP contribution in [0, 0.1) is 0 Å². The van der Waals surface area contributed by atoms with Gasteiger partial charge in [0.05, 0.1) is 0 Å². The first-order chi connectivity index (χ1) is 1.00. The Hall–Kier alpha value is 1.77. The van der Waals surface area contributed by atoms with E-state index in [2.05, 4.69) is 0 Å². The Morgan fingerprint density at radius 3 is 1.00 bits per heavy atom. The van der Waals surface area contributed by atoms with Crippen molar-refractivity contribution < 1.29 is 58.2 Å². The van der Waals surface area contributed by atoms with Gasteiger partial charge in [0.1, 0.15) is 0 Å².